The van der Waals surface area contributed by atoms with Crippen molar-refractivity contribution in [3.63, 3.8) is 0 Å². The number of benzene rings is 10. The molecule has 0 fully saturated rings. The Balaban J connectivity index is 1.21. The van der Waals surface area contributed by atoms with Gasteiger partial charge in [0.15, 0.2) is 5.58 Å². The lowest BCUT2D eigenvalue weighted by Gasteiger charge is -2.27. The zero-order valence-electron chi connectivity index (χ0n) is 29.4. The van der Waals surface area contributed by atoms with E-state index in [1.54, 1.807) is 0 Å². The molecule has 1 aromatic heterocycles. The second-order valence-corrected chi connectivity index (χ2v) is 14.1. The van der Waals surface area contributed by atoms with E-state index in [1.165, 1.54) is 54.2 Å². The van der Waals surface area contributed by atoms with Gasteiger partial charge in [0.1, 0.15) is 5.58 Å². The van der Waals surface area contributed by atoms with Gasteiger partial charge in [-0.15, -0.1) is 0 Å². The van der Waals surface area contributed by atoms with Crippen LogP contribution in [0.25, 0.3) is 87.3 Å². The van der Waals surface area contributed by atoms with E-state index >= 15 is 0 Å². The summed E-state index contributed by atoms with van der Waals surface area (Å²) in [6.07, 6.45) is 0. The predicted molar refractivity (Wildman–Crippen MR) is 229 cm³/mol. The van der Waals surface area contributed by atoms with Crippen LogP contribution in [-0.4, -0.2) is 0 Å². The lowest BCUT2D eigenvalue weighted by molar-refractivity contribution is 0.670. The van der Waals surface area contributed by atoms with Gasteiger partial charge in [0.2, 0.25) is 0 Å². The lowest BCUT2D eigenvalue weighted by atomic mass is 9.93. The van der Waals surface area contributed by atoms with Gasteiger partial charge in [-0.25, -0.2) is 0 Å². The Hall–Kier alpha value is -7.16. The molecule has 0 unspecified atom stereocenters. The standard InChI is InChI=1S/C52H33NO/c1-2-13-34(14-3-1)36-27-29-41(30-28-36)53(49-33-39-18-6-8-19-42(39)44-21-10-11-22-45(44)49)48-24-12-23-46-47-32-38-17-7-9-20-43(38)50(52(47)54-51(46)48)40-26-25-35-15-4-5-16-37(35)31-40/h1-33H. The molecule has 0 aliphatic carbocycles. The van der Waals surface area contributed by atoms with Crippen molar-refractivity contribution < 1.29 is 4.42 Å². The second kappa shape index (κ2) is 12.2. The first-order valence-corrected chi connectivity index (χ1v) is 18.5. The quantitative estimate of drug-likeness (QED) is 0.168. The Kier molecular flexibility index (Phi) is 6.90. The third-order valence-electron chi connectivity index (χ3n) is 11.0. The molecule has 10 aromatic carbocycles. The number of anilines is 3. The first-order chi connectivity index (χ1) is 26.8. The third kappa shape index (κ3) is 4.81. The summed E-state index contributed by atoms with van der Waals surface area (Å²) < 4.78 is 7.26. The molecule has 0 aliphatic rings. The highest BCUT2D eigenvalue weighted by Crippen LogP contribution is 2.48. The van der Waals surface area contributed by atoms with Crippen molar-refractivity contribution in [2.75, 3.05) is 4.90 Å². The highest BCUT2D eigenvalue weighted by molar-refractivity contribution is 6.21. The predicted octanol–water partition coefficient (Wildman–Crippen LogP) is 15.0. The van der Waals surface area contributed by atoms with Crippen LogP contribution in [0.15, 0.2) is 205 Å². The molecule has 0 radical (unpaired) electrons. The number of hydrogen-bond acceptors (Lipinski definition) is 2. The van der Waals surface area contributed by atoms with Gasteiger partial charge in [-0.2, -0.15) is 0 Å². The van der Waals surface area contributed by atoms with E-state index in [4.69, 9.17) is 4.42 Å². The van der Waals surface area contributed by atoms with Crippen LogP contribution >= 0.6 is 0 Å². The summed E-state index contributed by atoms with van der Waals surface area (Å²) in [6.45, 7) is 0. The fourth-order valence-corrected chi connectivity index (χ4v) is 8.45. The molecule has 0 atom stereocenters. The Morgan fingerprint density at radius 2 is 0.889 bits per heavy atom. The van der Waals surface area contributed by atoms with Gasteiger partial charge in [0, 0.05) is 27.4 Å². The maximum atomic E-state index is 7.26. The van der Waals surface area contributed by atoms with Crippen molar-refractivity contribution in [2.24, 2.45) is 0 Å². The first kappa shape index (κ1) is 30.5. The van der Waals surface area contributed by atoms with Crippen LogP contribution in [0.1, 0.15) is 0 Å². The van der Waals surface area contributed by atoms with Crippen molar-refractivity contribution >= 4 is 82.1 Å². The van der Waals surface area contributed by atoms with Gasteiger partial charge in [0.05, 0.1) is 11.4 Å². The number of para-hydroxylation sites is 1. The highest BCUT2D eigenvalue weighted by Gasteiger charge is 2.24. The van der Waals surface area contributed by atoms with E-state index in [0.717, 1.165) is 50.1 Å². The van der Waals surface area contributed by atoms with Crippen LogP contribution in [-0.2, 0) is 0 Å². The van der Waals surface area contributed by atoms with Gasteiger partial charge in [-0.05, 0) is 90.8 Å². The summed E-state index contributed by atoms with van der Waals surface area (Å²) in [4.78, 5) is 2.39. The molecule has 0 saturated carbocycles. The summed E-state index contributed by atoms with van der Waals surface area (Å²) >= 11 is 0. The molecule has 0 spiro atoms. The number of furan rings is 1. The van der Waals surface area contributed by atoms with Crippen molar-refractivity contribution in [3.05, 3.63) is 200 Å². The van der Waals surface area contributed by atoms with Crippen LogP contribution in [0, 0.1) is 0 Å². The minimum absolute atomic E-state index is 0.856. The fraction of sp³-hybridized carbons (Fsp3) is 0. The highest BCUT2D eigenvalue weighted by atomic mass is 16.3. The number of hydrogen-bond donors (Lipinski definition) is 0. The molecule has 2 heteroatoms. The Labute approximate surface area is 312 Å². The van der Waals surface area contributed by atoms with E-state index in [-0.39, 0.29) is 0 Å². The normalized spacial score (nSPS) is 11.7. The van der Waals surface area contributed by atoms with E-state index in [1.807, 2.05) is 0 Å². The summed E-state index contributed by atoms with van der Waals surface area (Å²) in [5, 5.41) is 11.8. The fourth-order valence-electron chi connectivity index (χ4n) is 8.45. The summed E-state index contributed by atoms with van der Waals surface area (Å²) in [6, 6.07) is 72.1. The van der Waals surface area contributed by atoms with Crippen LogP contribution in [0.3, 0.4) is 0 Å². The van der Waals surface area contributed by atoms with E-state index < -0.39 is 0 Å². The second-order valence-electron chi connectivity index (χ2n) is 14.1. The zero-order valence-corrected chi connectivity index (χ0v) is 29.4. The number of nitrogens with zero attached hydrogens (tertiary/aromatic N) is 1. The monoisotopic (exact) mass is 687 g/mol. The largest absolute Gasteiger partial charge is 0.453 e. The molecule has 0 saturated heterocycles. The van der Waals surface area contributed by atoms with E-state index in [2.05, 4.69) is 205 Å². The molecule has 0 N–H and O–H groups in total. The molecule has 0 aliphatic heterocycles. The maximum Gasteiger partial charge on any atom is 0.159 e. The Bertz CT molecular complexity index is 3210. The van der Waals surface area contributed by atoms with Gasteiger partial charge in [0.25, 0.3) is 0 Å². The summed E-state index contributed by atoms with van der Waals surface area (Å²) in [5.74, 6) is 0. The van der Waals surface area contributed by atoms with E-state index in [0.29, 0.717) is 0 Å². The Morgan fingerprint density at radius 1 is 0.296 bits per heavy atom. The maximum absolute atomic E-state index is 7.26. The van der Waals surface area contributed by atoms with Crippen LogP contribution in [0.4, 0.5) is 17.1 Å². The minimum atomic E-state index is 0.856. The number of fused-ring (bicyclic) bond motifs is 8. The van der Waals surface area contributed by atoms with E-state index in [9.17, 15) is 0 Å². The van der Waals surface area contributed by atoms with Crippen molar-refractivity contribution in [1.82, 2.24) is 0 Å². The SMILES string of the molecule is c1ccc(-c2ccc(N(c3cc4ccccc4c4ccccc34)c3cccc4c3oc3c(-c5ccc6ccccc6c5)c5ccccc5cc34)cc2)cc1. The number of rotatable bonds is 5. The molecule has 252 valence electrons. The average Bonchev–Trinajstić information content (AvgIpc) is 3.62. The molecule has 1 heterocycles. The van der Waals surface area contributed by atoms with Crippen LogP contribution in [0.5, 0.6) is 0 Å². The molecule has 0 amide bonds. The van der Waals surface area contributed by atoms with Gasteiger partial charge in [-0.1, -0.05) is 164 Å². The summed E-state index contributed by atoms with van der Waals surface area (Å²) in [5.41, 5.74) is 9.53. The van der Waals surface area contributed by atoms with Crippen LogP contribution in [0.2, 0.25) is 0 Å². The summed E-state index contributed by atoms with van der Waals surface area (Å²) in [7, 11) is 0. The molecule has 2 nitrogen and oxygen atoms in total. The third-order valence-corrected chi connectivity index (χ3v) is 11.0. The minimum Gasteiger partial charge on any atom is -0.453 e. The average molecular weight is 688 g/mol. The molecular weight excluding hydrogens is 655 g/mol. The molecule has 11 aromatic rings. The van der Waals surface area contributed by atoms with Crippen molar-refractivity contribution in [2.45, 2.75) is 0 Å². The zero-order chi connectivity index (χ0) is 35.6. The smallest absolute Gasteiger partial charge is 0.159 e. The van der Waals surface area contributed by atoms with Gasteiger partial charge in [-0.3, -0.25) is 0 Å². The van der Waals surface area contributed by atoms with Gasteiger partial charge >= 0.3 is 0 Å². The Morgan fingerprint density at radius 3 is 1.69 bits per heavy atom. The topological polar surface area (TPSA) is 16.4 Å². The van der Waals surface area contributed by atoms with Crippen molar-refractivity contribution in [1.29, 1.82) is 0 Å². The molecular formula is C52H33NO. The molecule has 11 rings (SSSR count). The van der Waals surface area contributed by atoms with Gasteiger partial charge < -0.3 is 9.32 Å². The first-order valence-electron chi connectivity index (χ1n) is 18.5. The van der Waals surface area contributed by atoms with Crippen LogP contribution < -0.4 is 4.90 Å². The van der Waals surface area contributed by atoms with Crippen molar-refractivity contribution in [3.8, 4) is 22.3 Å². The molecule has 54 heavy (non-hydrogen) atoms. The lowest BCUT2D eigenvalue weighted by Crippen LogP contribution is -2.11. The molecule has 0 bridgehead atoms.